The third kappa shape index (κ3) is 16.9. The first kappa shape index (κ1) is 81.1. The molecule has 0 N–H and O–H groups in total. The Labute approximate surface area is 459 Å². The van der Waals surface area contributed by atoms with Gasteiger partial charge in [0.25, 0.3) is 0 Å². The monoisotopic (exact) mass is 1380 g/mol. The Hall–Kier alpha value is -3.92. The second kappa shape index (κ2) is 27.4. The molecule has 0 saturated carbocycles. The second-order valence-electron chi connectivity index (χ2n) is 16.7. The lowest BCUT2D eigenvalue weighted by Gasteiger charge is -2.43. The maximum Gasteiger partial charge on any atom is 0.460 e. The smallest absolute Gasteiger partial charge is 0.459 e. The number of carbonyl (C=O) groups is 4. The van der Waals surface area contributed by atoms with Crippen LogP contribution in [0.3, 0.4) is 0 Å². The number of thioether (sulfide) groups is 2. The van der Waals surface area contributed by atoms with Gasteiger partial charge in [0, 0.05) is 39.2 Å². The fraction of sp³-hybridized carbons (Fsp3) is 0.895. The van der Waals surface area contributed by atoms with Crippen molar-refractivity contribution >= 4 is 47.4 Å². The van der Waals surface area contributed by atoms with E-state index in [-0.39, 0.29) is 13.8 Å². The molecule has 4 atom stereocenters. The highest BCUT2D eigenvalue weighted by molar-refractivity contribution is 8.00. The van der Waals surface area contributed by atoms with Crippen molar-refractivity contribution in [1.29, 1.82) is 0 Å². The molecule has 0 aromatic carbocycles. The van der Waals surface area contributed by atoms with Crippen molar-refractivity contribution in [2.75, 3.05) is 51.1 Å². The highest BCUT2D eigenvalue weighted by Crippen LogP contribution is 2.66. The molecular formula is C38H36F34O11S2. The van der Waals surface area contributed by atoms with Gasteiger partial charge in [-0.1, -0.05) is 0 Å². The van der Waals surface area contributed by atoms with Crippen molar-refractivity contribution in [3.63, 3.8) is 0 Å². The Kier molecular flexibility index (Phi) is 26.2. The van der Waals surface area contributed by atoms with E-state index in [1.807, 2.05) is 0 Å². The molecule has 0 aromatic rings. The van der Waals surface area contributed by atoms with Crippen LogP contribution in [-0.2, 0) is 52.3 Å². The normalized spacial score (nSPS) is 16.4. The van der Waals surface area contributed by atoms with Crippen LogP contribution in [0.4, 0.5) is 149 Å². The third-order valence-electron chi connectivity index (χ3n) is 9.97. The molecule has 0 spiro atoms. The Morgan fingerprint density at radius 3 is 0.706 bits per heavy atom. The van der Waals surface area contributed by atoms with E-state index in [1.165, 1.54) is 0 Å². The third-order valence-corrected chi connectivity index (χ3v) is 12.4. The topological polar surface area (TPSA) is 133 Å². The molecule has 0 heterocycles. The molecule has 0 aliphatic rings. The number of carbonyl (C=O) groups excluding carboxylic acids is 4. The number of esters is 4. The summed E-state index contributed by atoms with van der Waals surface area (Å²) in [6, 6.07) is 0. The summed E-state index contributed by atoms with van der Waals surface area (Å²) in [5.74, 6) is -127. The SMILES string of the molecule is CC(=O)OC(COCCOCCOCC(CSC(CC(F)(F)C(F)(F)C(F)(F)C(F)(F)C(F)(F)C(F)(F)C(F)(F)C(F)(F)F)OC(C)=O)OC(C)=O)CSC(CC(F)(F)C(F)(F)C(F)(F)C(F)(F)C(F)(F)C(F)(F)C(F)(F)C(F)(F)F)OC(C)=O. The number of hydrogen-bond acceptors (Lipinski definition) is 13. The molecule has 0 saturated heterocycles. The predicted molar refractivity (Wildman–Crippen MR) is 210 cm³/mol. The molecule has 11 nitrogen and oxygen atoms in total. The molecule has 0 rings (SSSR count). The number of rotatable bonds is 36. The van der Waals surface area contributed by atoms with Crippen molar-refractivity contribution in [1.82, 2.24) is 0 Å². The summed E-state index contributed by atoms with van der Waals surface area (Å²) < 4.78 is 500. The van der Waals surface area contributed by atoms with E-state index in [0.29, 0.717) is 13.8 Å². The molecule has 0 aliphatic carbocycles. The molecule has 47 heteroatoms. The molecule has 0 amide bonds. The van der Waals surface area contributed by atoms with Crippen molar-refractivity contribution in [2.24, 2.45) is 0 Å². The Morgan fingerprint density at radius 2 is 0.494 bits per heavy atom. The lowest BCUT2D eigenvalue weighted by molar-refractivity contribution is -0.462. The van der Waals surface area contributed by atoms with Crippen LogP contribution in [-0.4, -0.2) is 193 Å². The summed E-state index contributed by atoms with van der Waals surface area (Å²) in [5, 5.41) is 0. The van der Waals surface area contributed by atoms with Crippen LogP contribution in [0.15, 0.2) is 0 Å². The Bertz CT molecular complexity index is 2080. The first-order valence-electron chi connectivity index (χ1n) is 21.4. The van der Waals surface area contributed by atoms with Crippen LogP contribution in [0.2, 0.25) is 0 Å². The number of halogens is 34. The molecule has 504 valence electrons. The highest BCUT2D eigenvalue weighted by Gasteiger charge is 2.97. The maximum absolute atomic E-state index is 14.7. The Balaban J connectivity index is 5.97. The van der Waals surface area contributed by atoms with Crippen molar-refractivity contribution < 1.29 is 202 Å². The molecule has 85 heavy (non-hydrogen) atoms. The summed E-state index contributed by atoms with van der Waals surface area (Å²) in [6.07, 6.45) is -26.2. The van der Waals surface area contributed by atoms with Gasteiger partial charge < -0.3 is 33.2 Å². The van der Waals surface area contributed by atoms with Crippen LogP contribution in [0.5, 0.6) is 0 Å². The first-order valence-corrected chi connectivity index (χ1v) is 23.5. The predicted octanol–water partition coefficient (Wildman–Crippen LogP) is 12.9. The molecule has 0 radical (unpaired) electrons. The summed E-state index contributed by atoms with van der Waals surface area (Å²) in [7, 11) is 0. The van der Waals surface area contributed by atoms with Crippen molar-refractivity contribution in [2.45, 2.75) is 159 Å². The van der Waals surface area contributed by atoms with Gasteiger partial charge in [-0.2, -0.15) is 149 Å². The zero-order valence-electron chi connectivity index (χ0n) is 41.5. The summed E-state index contributed by atoms with van der Waals surface area (Å²) >= 11 is -0.943. The molecular weight excluding hydrogens is 1340 g/mol. The van der Waals surface area contributed by atoms with E-state index in [1.54, 1.807) is 0 Å². The van der Waals surface area contributed by atoms with Gasteiger partial charge in [0.05, 0.1) is 52.5 Å². The van der Waals surface area contributed by atoms with E-state index >= 15 is 0 Å². The van der Waals surface area contributed by atoms with E-state index in [2.05, 4.69) is 18.9 Å². The van der Waals surface area contributed by atoms with Gasteiger partial charge in [0.1, 0.15) is 12.2 Å². The number of hydrogen-bond donors (Lipinski definition) is 0. The van der Waals surface area contributed by atoms with Crippen LogP contribution >= 0.6 is 23.5 Å². The molecule has 0 aromatic heterocycles. The summed E-state index contributed by atoms with van der Waals surface area (Å²) in [5.41, 5.74) is -6.18. The average molecular weight is 1380 g/mol. The van der Waals surface area contributed by atoms with Gasteiger partial charge >= 0.3 is 119 Å². The lowest BCUT2D eigenvalue weighted by Crippen LogP contribution is -2.74. The van der Waals surface area contributed by atoms with Crippen LogP contribution in [0.25, 0.3) is 0 Å². The van der Waals surface area contributed by atoms with E-state index in [4.69, 9.17) is 14.2 Å². The Morgan fingerprint density at radius 1 is 0.294 bits per heavy atom. The molecule has 0 aliphatic heterocycles. The van der Waals surface area contributed by atoms with Crippen LogP contribution in [0, 0.1) is 0 Å². The van der Waals surface area contributed by atoms with Crippen LogP contribution in [0.1, 0.15) is 40.5 Å². The van der Waals surface area contributed by atoms with Gasteiger partial charge in [0.2, 0.25) is 0 Å². The summed E-state index contributed by atoms with van der Waals surface area (Å²) in [6.45, 7) is -2.91. The van der Waals surface area contributed by atoms with Crippen molar-refractivity contribution in [3.05, 3.63) is 0 Å². The van der Waals surface area contributed by atoms with Gasteiger partial charge in [-0.15, -0.1) is 23.5 Å². The standard InChI is InChI=1S/C38H36F34O11S2/c1-15(73)80-19(13-84-21(82-17(3)75)9-23(39,40)25(43,44)27(47,48)29(51,52)31(55,56)33(59,60)35(63,64)37(67,68)69)11-78-7-5-77-6-8-79-12-20(81-16(2)74)14-85-22(83-18(4)76)10-24(41,42)26(45,46)28(49,50)30(53,54)32(57,58)34(61,62)36(65,66)38(70,71)72/h19-22H,5-14H2,1-4H3. The number of alkyl halides is 34. The number of ether oxygens (including phenoxy) is 7. The van der Waals surface area contributed by atoms with Gasteiger partial charge in [-0.05, 0) is 0 Å². The van der Waals surface area contributed by atoms with Crippen LogP contribution < -0.4 is 0 Å². The van der Waals surface area contributed by atoms with E-state index < -0.39 is 230 Å². The van der Waals surface area contributed by atoms with Gasteiger partial charge in [-0.25, -0.2) is 0 Å². The molecule has 0 bridgehead atoms. The largest absolute Gasteiger partial charge is 0.460 e. The first-order chi connectivity index (χ1) is 37.4. The van der Waals surface area contributed by atoms with Gasteiger partial charge in [0.15, 0.2) is 10.9 Å². The zero-order chi connectivity index (χ0) is 68.1. The fourth-order valence-electron chi connectivity index (χ4n) is 5.61. The van der Waals surface area contributed by atoms with Crippen molar-refractivity contribution in [3.8, 4) is 0 Å². The fourth-order valence-corrected chi connectivity index (χ4v) is 7.85. The average Bonchev–Trinajstić information content (AvgIpc) is 1.36. The highest BCUT2D eigenvalue weighted by atomic mass is 32.2. The van der Waals surface area contributed by atoms with E-state index in [9.17, 15) is 168 Å². The maximum atomic E-state index is 14.7. The summed E-state index contributed by atoms with van der Waals surface area (Å²) in [4.78, 5) is 46.1. The molecule has 0 fully saturated rings. The minimum absolute atomic E-state index is 0.253. The molecule has 4 unspecified atom stereocenters. The minimum Gasteiger partial charge on any atom is -0.459 e. The lowest BCUT2D eigenvalue weighted by atomic mass is 9.88. The minimum atomic E-state index is -8.93. The zero-order valence-corrected chi connectivity index (χ0v) is 43.2. The quantitative estimate of drug-likeness (QED) is 0.0194. The second-order valence-corrected chi connectivity index (χ2v) is 19.1. The van der Waals surface area contributed by atoms with E-state index in [0.717, 1.165) is 0 Å². The van der Waals surface area contributed by atoms with Gasteiger partial charge in [-0.3, -0.25) is 19.2 Å².